The van der Waals surface area contributed by atoms with Crippen LogP contribution in [0.25, 0.3) is 0 Å². The van der Waals surface area contributed by atoms with Crippen molar-refractivity contribution in [1.82, 2.24) is 31.1 Å². The Labute approximate surface area is 404 Å². The second-order valence-electron chi connectivity index (χ2n) is 20.4. The molecule has 0 radical (unpaired) electrons. The molecule has 3 aliphatic carbocycles. The van der Waals surface area contributed by atoms with Crippen LogP contribution in [-0.4, -0.2) is 112 Å². The highest BCUT2D eigenvalue weighted by Crippen LogP contribution is 2.53. The molecular formula is C51H70N6O8S2. The molecule has 5 aliphatic heterocycles. The minimum Gasteiger partial charge on any atom is -0.448 e. The maximum Gasteiger partial charge on any atom is 0.318 e. The number of fused-ring (bicyclic) bond motifs is 3. The number of hydrogen-bond acceptors (Lipinski definition) is 10. The van der Waals surface area contributed by atoms with Crippen LogP contribution in [0, 0.1) is 24.7 Å². The van der Waals surface area contributed by atoms with E-state index >= 15 is 0 Å². The normalized spacial score (nSPS) is 32.6. The van der Waals surface area contributed by atoms with Gasteiger partial charge >= 0.3 is 12.1 Å². The van der Waals surface area contributed by atoms with Gasteiger partial charge in [0.05, 0.1) is 34.0 Å². The van der Waals surface area contributed by atoms with E-state index < -0.39 is 11.2 Å². The summed E-state index contributed by atoms with van der Waals surface area (Å²) in [7, 11) is 0. The molecule has 4 N–H and O–H groups in total. The lowest BCUT2D eigenvalue weighted by atomic mass is 9.78. The van der Waals surface area contributed by atoms with E-state index in [4.69, 9.17) is 18.9 Å². The molecule has 10 rings (SSSR count). The molecule has 2 aromatic carbocycles. The van der Waals surface area contributed by atoms with E-state index in [0.29, 0.717) is 55.3 Å². The first-order valence-electron chi connectivity index (χ1n) is 25.4. The van der Waals surface area contributed by atoms with Gasteiger partial charge in [-0.25, -0.2) is 9.59 Å². The molecular weight excluding hydrogens is 889 g/mol. The smallest absolute Gasteiger partial charge is 0.318 e. The maximum atomic E-state index is 14.1. The van der Waals surface area contributed by atoms with Gasteiger partial charge < -0.3 is 50.0 Å². The number of carbonyl (C=O) groups excluding carboxylic acids is 4. The van der Waals surface area contributed by atoms with Crippen molar-refractivity contribution < 1.29 is 38.1 Å². The number of nitrogens with one attached hydrogen (secondary N) is 4. The Morgan fingerprint density at radius 3 is 2.24 bits per heavy atom. The van der Waals surface area contributed by atoms with E-state index in [2.05, 4.69) is 26.2 Å². The molecule has 67 heavy (non-hydrogen) atoms. The van der Waals surface area contributed by atoms with Gasteiger partial charge in [-0.15, -0.1) is 23.5 Å². The van der Waals surface area contributed by atoms with Crippen LogP contribution in [0.3, 0.4) is 0 Å². The molecule has 8 aliphatic rings. The molecule has 6 amide bonds. The molecule has 2 aromatic rings. The number of rotatable bonds is 16. The molecule has 0 bridgehead atoms. The van der Waals surface area contributed by atoms with Gasteiger partial charge in [-0.1, -0.05) is 74.4 Å². The van der Waals surface area contributed by atoms with Crippen LogP contribution in [-0.2, 0) is 32.2 Å². The largest absolute Gasteiger partial charge is 0.448 e. The average Bonchev–Trinajstić information content (AvgIpc) is 4.20. The van der Waals surface area contributed by atoms with Crippen LogP contribution >= 0.6 is 23.5 Å². The van der Waals surface area contributed by atoms with Gasteiger partial charge in [0.2, 0.25) is 11.8 Å². The number of benzene rings is 2. The zero-order valence-corrected chi connectivity index (χ0v) is 40.7. The van der Waals surface area contributed by atoms with E-state index in [0.717, 1.165) is 94.8 Å². The van der Waals surface area contributed by atoms with Gasteiger partial charge in [0.25, 0.3) is 6.29 Å². The lowest BCUT2D eigenvalue weighted by Gasteiger charge is -2.54. The van der Waals surface area contributed by atoms with Crippen LogP contribution in [0.4, 0.5) is 9.59 Å². The molecule has 10 atom stereocenters. The van der Waals surface area contributed by atoms with Crippen molar-refractivity contribution in [2.45, 2.75) is 170 Å². The highest BCUT2D eigenvalue weighted by molar-refractivity contribution is 8.01. The summed E-state index contributed by atoms with van der Waals surface area (Å²) in [5.41, 5.74) is 3.17. The van der Waals surface area contributed by atoms with Gasteiger partial charge in [0.15, 0.2) is 11.5 Å². The number of nitrogens with zero attached hydrogens (tertiary/aromatic N) is 2. The fourth-order valence-corrected chi connectivity index (χ4v) is 15.3. The first-order chi connectivity index (χ1) is 32.7. The SMILES string of the molecule is Cc1ccc(CNC(=O)CSC2NC(=O)N(CC3CCC(C4Oc5ccc(CNC(=O)CSC6(C7CCCCCC7)NC(=O)N(CC7CCCO7)C7CCCC76)cc5O4)O3)C3CCCC23)cc1. The monoisotopic (exact) mass is 958 g/mol. The average molecular weight is 959 g/mol. The molecule has 4 saturated heterocycles. The van der Waals surface area contributed by atoms with Crippen molar-refractivity contribution in [3.63, 3.8) is 0 Å². The summed E-state index contributed by atoms with van der Waals surface area (Å²) in [6, 6.07) is 14.2. The quantitative estimate of drug-likeness (QED) is 0.124. The zero-order chi connectivity index (χ0) is 45.9. The van der Waals surface area contributed by atoms with Crippen molar-refractivity contribution in [2.75, 3.05) is 31.2 Å². The summed E-state index contributed by atoms with van der Waals surface area (Å²) < 4.78 is 25.1. The molecule has 0 aromatic heterocycles. The van der Waals surface area contributed by atoms with Gasteiger partial charge in [0.1, 0.15) is 6.10 Å². The summed E-state index contributed by atoms with van der Waals surface area (Å²) in [4.78, 5) is 57.7. The number of hydrogen-bond donors (Lipinski definition) is 4. The molecule has 0 spiro atoms. The zero-order valence-electron chi connectivity index (χ0n) is 39.1. The van der Waals surface area contributed by atoms with Crippen molar-refractivity contribution in [3.05, 3.63) is 59.2 Å². The number of carbonyl (C=O) groups is 4. The second-order valence-corrected chi connectivity index (χ2v) is 22.8. The van der Waals surface area contributed by atoms with Crippen LogP contribution in [0.15, 0.2) is 42.5 Å². The number of urea groups is 2. The van der Waals surface area contributed by atoms with Crippen LogP contribution in [0.2, 0.25) is 0 Å². The molecule has 3 saturated carbocycles. The first-order valence-corrected chi connectivity index (χ1v) is 27.5. The van der Waals surface area contributed by atoms with Crippen LogP contribution < -0.4 is 30.7 Å². The fraction of sp³-hybridized carbons (Fsp3) is 0.686. The Morgan fingerprint density at radius 2 is 1.43 bits per heavy atom. The minimum atomic E-state index is -0.597. The van der Waals surface area contributed by atoms with Crippen molar-refractivity contribution in [3.8, 4) is 11.5 Å². The Bertz CT molecular complexity index is 2090. The van der Waals surface area contributed by atoms with Gasteiger partial charge in [-0.05, 0) is 100 Å². The third-order valence-electron chi connectivity index (χ3n) is 16.0. The maximum absolute atomic E-state index is 14.1. The van der Waals surface area contributed by atoms with Gasteiger partial charge in [-0.3, -0.25) is 9.59 Å². The Balaban J connectivity index is 0.691. The van der Waals surface area contributed by atoms with E-state index in [1.165, 1.54) is 43.0 Å². The minimum absolute atomic E-state index is 0.0162. The predicted octanol–water partition coefficient (Wildman–Crippen LogP) is 7.60. The third kappa shape index (κ3) is 10.5. The summed E-state index contributed by atoms with van der Waals surface area (Å²) in [6.07, 6.45) is 15.9. The van der Waals surface area contributed by atoms with Crippen molar-refractivity contribution >= 4 is 47.4 Å². The van der Waals surface area contributed by atoms with E-state index in [1.807, 2.05) is 54.3 Å². The van der Waals surface area contributed by atoms with Crippen LogP contribution in [0.5, 0.6) is 11.5 Å². The second kappa shape index (κ2) is 21.0. The molecule has 5 heterocycles. The first kappa shape index (κ1) is 46.8. The molecule has 16 heteroatoms. The lowest BCUT2D eigenvalue weighted by Crippen LogP contribution is -2.69. The summed E-state index contributed by atoms with van der Waals surface area (Å²) in [5, 5.41) is 12.9. The fourth-order valence-electron chi connectivity index (χ4n) is 12.6. The summed E-state index contributed by atoms with van der Waals surface area (Å²) >= 11 is 3.21. The van der Waals surface area contributed by atoms with E-state index in [1.54, 1.807) is 11.8 Å². The lowest BCUT2D eigenvalue weighted by molar-refractivity contribution is -0.119. The number of ether oxygens (including phenoxy) is 4. The Hall–Kier alpha value is -3.86. The Kier molecular flexibility index (Phi) is 14.7. The predicted molar refractivity (Wildman–Crippen MR) is 259 cm³/mol. The standard InChI is InChI=1S/C51H70N6O8S2/c1-32-16-18-33(19-17-32)26-52-45(58)30-66-47-38-12-6-14-40(38)56(49(60)54-47)29-37-21-23-43(63-37)48-64-42-22-20-34(25-44(42)65-48)27-53-46(59)31-67-51(35-9-4-2-3-5-10-35)39-13-7-15-41(39)57(50(61)55-51)28-36-11-8-24-62-36/h16-20,22,25,35-41,43,47-48H,2-15,21,23-24,26-31H2,1H3,(H,52,58)(H,53,59)(H,54,60)(H,55,61). The molecule has 7 fully saturated rings. The topological polar surface area (TPSA) is 160 Å². The van der Waals surface area contributed by atoms with Crippen molar-refractivity contribution in [1.29, 1.82) is 0 Å². The van der Waals surface area contributed by atoms with E-state index in [9.17, 15) is 19.2 Å². The Morgan fingerprint density at radius 1 is 0.716 bits per heavy atom. The number of amides is 6. The molecule has 364 valence electrons. The van der Waals surface area contributed by atoms with Gasteiger partial charge in [0, 0.05) is 56.7 Å². The van der Waals surface area contributed by atoms with E-state index in [-0.39, 0.29) is 71.3 Å². The summed E-state index contributed by atoms with van der Waals surface area (Å²) in [5.74, 6) is 2.71. The number of aryl methyl sites for hydroxylation is 1. The van der Waals surface area contributed by atoms with Crippen LogP contribution in [0.1, 0.15) is 119 Å². The molecule has 14 nitrogen and oxygen atoms in total. The summed E-state index contributed by atoms with van der Waals surface area (Å²) in [6.45, 7) is 4.83. The number of thioether (sulfide) groups is 2. The molecule has 10 unspecified atom stereocenters. The van der Waals surface area contributed by atoms with Crippen molar-refractivity contribution in [2.24, 2.45) is 17.8 Å². The van der Waals surface area contributed by atoms with Gasteiger partial charge in [-0.2, -0.15) is 0 Å². The highest BCUT2D eigenvalue weighted by Gasteiger charge is 2.57. The third-order valence-corrected chi connectivity index (χ3v) is 18.9. The highest BCUT2D eigenvalue weighted by atomic mass is 32.2.